The molecule has 2 aliphatic heterocycles. The lowest BCUT2D eigenvalue weighted by Crippen LogP contribution is -2.54. The van der Waals surface area contributed by atoms with Gasteiger partial charge in [-0.15, -0.1) is 4.36 Å². The summed E-state index contributed by atoms with van der Waals surface area (Å²) in [5.41, 5.74) is 3.15. The number of carbonyl (C=O) groups excluding carboxylic acids is 2. The number of aryl methyl sites for hydroxylation is 1. The molecule has 2 fully saturated rings. The van der Waals surface area contributed by atoms with E-state index in [9.17, 15) is 18.9 Å². The number of allylic oxidation sites excluding steroid dienone is 1. The van der Waals surface area contributed by atoms with Crippen molar-refractivity contribution < 1.29 is 28.4 Å². The van der Waals surface area contributed by atoms with Gasteiger partial charge < -0.3 is 24.8 Å². The van der Waals surface area contributed by atoms with Crippen molar-refractivity contribution in [3.63, 3.8) is 0 Å². The molecule has 0 radical (unpaired) electrons. The van der Waals surface area contributed by atoms with Crippen molar-refractivity contribution in [2.24, 2.45) is 27.5 Å². The van der Waals surface area contributed by atoms with Crippen LogP contribution in [-0.4, -0.2) is 72.6 Å². The summed E-state index contributed by atoms with van der Waals surface area (Å²) in [5, 5.41) is 13.2. The largest absolute Gasteiger partial charge is 0.490 e. The number of carbonyl (C=O) groups is 2. The zero-order valence-corrected chi connectivity index (χ0v) is 31.4. The van der Waals surface area contributed by atoms with Gasteiger partial charge in [-0.2, -0.15) is 0 Å². The molecule has 2 bridgehead atoms. The van der Waals surface area contributed by atoms with Crippen LogP contribution in [0.4, 0.5) is 10.5 Å². The van der Waals surface area contributed by atoms with Crippen molar-refractivity contribution in [3.05, 3.63) is 70.3 Å². The predicted octanol–water partition coefficient (Wildman–Crippen LogP) is 6.43. The summed E-state index contributed by atoms with van der Waals surface area (Å²) in [6.45, 7) is 5.94. The van der Waals surface area contributed by atoms with E-state index in [0.717, 1.165) is 49.4 Å². The Morgan fingerprint density at radius 1 is 1.22 bits per heavy atom. The van der Waals surface area contributed by atoms with Crippen molar-refractivity contribution in [1.29, 1.82) is 0 Å². The quantitative estimate of drug-likeness (QED) is 0.308. The SMILES string of the molecule is CO[C@H]1/C=C\C[C@H](C)CS(=O)(NC(=O)NC2CC(C)(CO)C2)=NC(=O)c2ccc3c(c2)N(C[C@@H]2CC[C@H]21)C[C@@]1(CCCc2cc(Cl)ccc21)CO3. The second-order valence-electron chi connectivity index (χ2n) is 16.1. The number of urea groups is 1. The molecular formula is C39H51ClN4O6S. The number of hydrogen-bond donors (Lipinski definition) is 3. The van der Waals surface area contributed by atoms with Crippen molar-refractivity contribution in [3.8, 4) is 5.75 Å². The van der Waals surface area contributed by atoms with Gasteiger partial charge in [0.05, 0.1) is 24.2 Å². The number of fused-ring (bicyclic) bond motifs is 4. The topological polar surface area (TPSA) is 130 Å². The predicted molar refractivity (Wildman–Crippen MR) is 200 cm³/mol. The summed E-state index contributed by atoms with van der Waals surface area (Å²) >= 11 is 6.45. The average Bonchev–Trinajstić information content (AvgIpc) is 3.21. The molecule has 1 unspecified atom stereocenters. The third kappa shape index (κ3) is 7.54. The molecule has 3 aliphatic carbocycles. The smallest absolute Gasteiger partial charge is 0.327 e. The minimum atomic E-state index is -3.51. The lowest BCUT2D eigenvalue weighted by atomic mass is 9.67. The Hall–Kier alpha value is -3.12. The van der Waals surface area contributed by atoms with E-state index in [1.807, 2.05) is 32.0 Å². The fourth-order valence-corrected chi connectivity index (χ4v) is 11.1. The number of nitrogens with zero attached hydrogens (tertiary/aromatic N) is 2. The highest BCUT2D eigenvalue weighted by Crippen LogP contribution is 2.47. The molecule has 7 rings (SSSR count). The first-order valence-corrected chi connectivity index (χ1v) is 20.5. The van der Waals surface area contributed by atoms with Crippen LogP contribution < -0.4 is 19.7 Å². The molecule has 2 aromatic carbocycles. The standard InChI is InChI=1S/C39H51ClN4O6S/c1-25-6-4-8-34(49-3)31-12-9-28(31)20-44-22-39(15-5-7-26-16-29(40)11-13-32(26)39)24-50-35-14-10-27(17-33(35)44)36(46)42-51(48,21-25)43-37(47)41-30-18-38(2,19-30)23-45/h4,8,10-11,13-14,16-17,25,28,30-31,34,45H,5-7,9,12,15,18-24H2,1-3H3,(H2,41,42,43,46,47,48)/b8-4-/t25-,28-,30?,31+,34-,38?,39-,51?/m0/s1. The Morgan fingerprint density at radius 3 is 2.78 bits per heavy atom. The van der Waals surface area contributed by atoms with Crippen LogP contribution in [0, 0.1) is 23.2 Å². The van der Waals surface area contributed by atoms with Crippen molar-refractivity contribution in [2.45, 2.75) is 82.8 Å². The Kier molecular flexibility index (Phi) is 10.2. The molecule has 276 valence electrons. The molecule has 0 saturated heterocycles. The first-order valence-electron chi connectivity index (χ1n) is 18.4. The molecule has 2 heterocycles. The maximum absolute atomic E-state index is 14.4. The number of aliphatic hydroxyl groups is 1. The first-order chi connectivity index (χ1) is 24.4. The minimum Gasteiger partial charge on any atom is -0.490 e. The molecular weight excluding hydrogens is 688 g/mol. The maximum atomic E-state index is 14.4. The second kappa shape index (κ2) is 14.4. The number of halogens is 1. The van der Waals surface area contributed by atoms with E-state index in [1.165, 1.54) is 11.1 Å². The molecule has 3 amide bonds. The molecule has 12 heteroatoms. The molecule has 0 aromatic heterocycles. The lowest BCUT2D eigenvalue weighted by Gasteiger charge is -2.46. The molecule has 2 aromatic rings. The van der Waals surface area contributed by atoms with Gasteiger partial charge in [0.2, 0.25) is 0 Å². The van der Waals surface area contributed by atoms with E-state index >= 15 is 0 Å². The van der Waals surface area contributed by atoms with E-state index in [0.29, 0.717) is 55.6 Å². The monoisotopic (exact) mass is 738 g/mol. The average molecular weight is 739 g/mol. The van der Waals surface area contributed by atoms with Crippen molar-refractivity contribution in [2.75, 3.05) is 44.1 Å². The van der Waals surface area contributed by atoms with E-state index < -0.39 is 21.9 Å². The molecule has 10 nitrogen and oxygen atoms in total. The van der Waals surface area contributed by atoms with Gasteiger partial charge in [-0.25, -0.2) is 9.00 Å². The van der Waals surface area contributed by atoms with Gasteiger partial charge in [-0.1, -0.05) is 43.7 Å². The number of methoxy groups -OCH3 is 1. The summed E-state index contributed by atoms with van der Waals surface area (Å²) in [7, 11) is -1.75. The van der Waals surface area contributed by atoms with Gasteiger partial charge in [-0.05, 0) is 116 Å². The minimum absolute atomic E-state index is 0.00530. The van der Waals surface area contributed by atoms with Crippen LogP contribution in [0.2, 0.25) is 5.02 Å². The van der Waals surface area contributed by atoms with Gasteiger partial charge in [0.25, 0.3) is 5.91 Å². The Bertz CT molecular complexity index is 1820. The van der Waals surface area contributed by atoms with Gasteiger partial charge in [-0.3, -0.25) is 9.52 Å². The second-order valence-corrected chi connectivity index (χ2v) is 18.5. The van der Waals surface area contributed by atoms with Crippen LogP contribution >= 0.6 is 11.6 Å². The summed E-state index contributed by atoms with van der Waals surface area (Å²) in [4.78, 5) is 29.5. The highest BCUT2D eigenvalue weighted by molar-refractivity contribution is 7.92. The third-order valence-corrected chi connectivity index (χ3v) is 14.2. The third-order valence-electron chi connectivity index (χ3n) is 12.0. The van der Waals surface area contributed by atoms with Crippen LogP contribution in [0.25, 0.3) is 0 Å². The van der Waals surface area contributed by atoms with Gasteiger partial charge >= 0.3 is 6.03 Å². The molecule has 1 spiro atoms. The van der Waals surface area contributed by atoms with Crippen molar-refractivity contribution >= 4 is 39.1 Å². The normalized spacial score (nSPS) is 35.4. The number of anilines is 1. The van der Waals surface area contributed by atoms with E-state index in [1.54, 1.807) is 13.2 Å². The number of aliphatic hydroxyl groups excluding tert-OH is 1. The van der Waals surface area contributed by atoms with Crippen LogP contribution in [0.5, 0.6) is 5.75 Å². The van der Waals surface area contributed by atoms with Crippen LogP contribution in [0.3, 0.4) is 0 Å². The first kappa shape index (κ1) is 36.2. The zero-order valence-electron chi connectivity index (χ0n) is 29.9. The van der Waals surface area contributed by atoms with E-state index in [2.05, 4.69) is 43.6 Å². The number of benzene rings is 2. The molecule has 2 saturated carbocycles. The number of hydrogen-bond acceptors (Lipinski definition) is 7. The van der Waals surface area contributed by atoms with Gasteiger partial charge in [0, 0.05) is 48.8 Å². The number of amides is 3. The van der Waals surface area contributed by atoms with Crippen molar-refractivity contribution in [1.82, 2.24) is 10.0 Å². The van der Waals surface area contributed by atoms with Crippen LogP contribution in [0.1, 0.15) is 80.3 Å². The summed E-state index contributed by atoms with van der Waals surface area (Å²) in [5.74, 6) is 0.640. The Balaban J connectivity index is 1.25. The summed E-state index contributed by atoms with van der Waals surface area (Å²) in [6, 6.07) is 10.8. The highest BCUT2D eigenvalue weighted by atomic mass is 35.5. The zero-order chi connectivity index (χ0) is 36.0. The van der Waals surface area contributed by atoms with E-state index in [-0.39, 0.29) is 41.3 Å². The summed E-state index contributed by atoms with van der Waals surface area (Å²) in [6.07, 6.45) is 11.1. The van der Waals surface area contributed by atoms with E-state index in [4.69, 9.17) is 21.1 Å². The number of nitrogens with one attached hydrogen (secondary N) is 2. The molecule has 51 heavy (non-hydrogen) atoms. The molecule has 5 aliphatic rings. The fraction of sp³-hybridized carbons (Fsp3) is 0.590. The maximum Gasteiger partial charge on any atom is 0.327 e. The lowest BCUT2D eigenvalue weighted by molar-refractivity contribution is 0.0131. The van der Waals surface area contributed by atoms with Crippen LogP contribution in [-0.2, 0) is 26.5 Å². The Labute approximate surface area is 307 Å². The van der Waals surface area contributed by atoms with Gasteiger partial charge in [0.1, 0.15) is 15.7 Å². The molecule has 3 N–H and O–H groups in total. The number of rotatable bonds is 4. The van der Waals surface area contributed by atoms with Gasteiger partial charge in [0.15, 0.2) is 0 Å². The fourth-order valence-electron chi connectivity index (χ4n) is 9.09. The Morgan fingerprint density at radius 2 is 2.04 bits per heavy atom. The highest BCUT2D eigenvalue weighted by Gasteiger charge is 2.45. The number of ether oxygens (including phenoxy) is 2. The molecule has 6 atom stereocenters. The summed E-state index contributed by atoms with van der Waals surface area (Å²) < 4.78 is 34.0. The van der Waals surface area contributed by atoms with Crippen LogP contribution in [0.15, 0.2) is 52.9 Å².